The molecule has 19 heavy (non-hydrogen) atoms. The van der Waals surface area contributed by atoms with Gasteiger partial charge in [0.05, 0.1) is 0 Å². The lowest BCUT2D eigenvalue weighted by Crippen LogP contribution is -2.42. The summed E-state index contributed by atoms with van der Waals surface area (Å²) in [4.78, 5) is 14.2. The van der Waals surface area contributed by atoms with Crippen LogP contribution in [0.3, 0.4) is 0 Å². The second kappa shape index (κ2) is 7.28. The molecule has 108 valence electrons. The quantitative estimate of drug-likeness (QED) is 0.791. The highest BCUT2D eigenvalue weighted by Crippen LogP contribution is 2.04. The van der Waals surface area contributed by atoms with E-state index in [0.29, 0.717) is 24.3 Å². The number of aryl methyl sites for hydroxylation is 1. The van der Waals surface area contributed by atoms with Crippen molar-refractivity contribution in [1.29, 1.82) is 0 Å². The van der Waals surface area contributed by atoms with E-state index in [1.165, 1.54) is 0 Å². The number of amides is 1. The second-order valence-corrected chi connectivity index (χ2v) is 5.31. The van der Waals surface area contributed by atoms with E-state index in [-0.39, 0.29) is 5.91 Å². The van der Waals surface area contributed by atoms with Crippen LogP contribution in [-0.4, -0.2) is 46.2 Å². The number of rotatable bonds is 7. The van der Waals surface area contributed by atoms with E-state index in [4.69, 9.17) is 0 Å². The van der Waals surface area contributed by atoms with Gasteiger partial charge in [-0.25, -0.2) is 0 Å². The third kappa shape index (κ3) is 4.67. The van der Waals surface area contributed by atoms with Crippen LogP contribution in [0, 0.1) is 0 Å². The lowest BCUT2D eigenvalue weighted by Gasteiger charge is -2.30. The number of nitrogens with one attached hydrogen (secondary N) is 2. The number of hydrogen-bond acceptors (Lipinski definition) is 3. The van der Waals surface area contributed by atoms with Crippen LogP contribution in [0.25, 0.3) is 0 Å². The van der Waals surface area contributed by atoms with E-state index in [2.05, 4.69) is 48.1 Å². The van der Waals surface area contributed by atoms with E-state index in [1.807, 2.05) is 6.92 Å². The van der Waals surface area contributed by atoms with E-state index in [1.54, 1.807) is 6.07 Å². The van der Waals surface area contributed by atoms with E-state index in [9.17, 15) is 4.79 Å². The van der Waals surface area contributed by atoms with Crippen molar-refractivity contribution in [3.63, 3.8) is 0 Å². The zero-order valence-corrected chi connectivity index (χ0v) is 12.7. The fourth-order valence-corrected chi connectivity index (χ4v) is 2.16. The van der Waals surface area contributed by atoms with Crippen molar-refractivity contribution in [2.45, 2.75) is 53.1 Å². The summed E-state index contributed by atoms with van der Waals surface area (Å²) in [5.74, 6) is -0.108. The third-order valence-electron chi connectivity index (χ3n) is 3.23. The van der Waals surface area contributed by atoms with Crippen LogP contribution in [0.4, 0.5) is 0 Å². The molecular weight excluding hydrogens is 240 g/mol. The van der Waals surface area contributed by atoms with Crippen LogP contribution in [0.2, 0.25) is 0 Å². The molecule has 0 fully saturated rings. The Morgan fingerprint density at radius 3 is 2.47 bits per heavy atom. The van der Waals surface area contributed by atoms with Crippen LogP contribution in [-0.2, 0) is 6.42 Å². The van der Waals surface area contributed by atoms with Gasteiger partial charge < -0.3 is 5.32 Å². The average molecular weight is 266 g/mol. The predicted octanol–water partition coefficient (Wildman–Crippen LogP) is 1.82. The first-order chi connectivity index (χ1) is 8.95. The number of H-pyrrole nitrogens is 1. The van der Waals surface area contributed by atoms with Gasteiger partial charge in [0.2, 0.25) is 0 Å². The van der Waals surface area contributed by atoms with Crippen molar-refractivity contribution in [1.82, 2.24) is 20.4 Å². The topological polar surface area (TPSA) is 61.0 Å². The Kier molecular flexibility index (Phi) is 6.02. The van der Waals surface area contributed by atoms with Crippen molar-refractivity contribution >= 4 is 5.91 Å². The van der Waals surface area contributed by atoms with Gasteiger partial charge in [0.1, 0.15) is 5.69 Å². The molecule has 2 N–H and O–H groups in total. The molecule has 0 bridgehead atoms. The maximum Gasteiger partial charge on any atom is 0.271 e. The number of carbonyl (C=O) groups is 1. The molecule has 5 heteroatoms. The number of nitrogens with zero attached hydrogens (tertiary/aromatic N) is 2. The molecule has 0 aliphatic carbocycles. The average Bonchev–Trinajstić information content (AvgIpc) is 2.82. The molecule has 0 saturated heterocycles. The Hall–Kier alpha value is -1.36. The van der Waals surface area contributed by atoms with Crippen molar-refractivity contribution in [3.05, 3.63) is 17.5 Å². The summed E-state index contributed by atoms with van der Waals surface area (Å²) < 4.78 is 0. The monoisotopic (exact) mass is 266 g/mol. The largest absolute Gasteiger partial charge is 0.349 e. The highest BCUT2D eigenvalue weighted by Gasteiger charge is 2.14. The van der Waals surface area contributed by atoms with Crippen LogP contribution in [0.5, 0.6) is 0 Å². The third-order valence-corrected chi connectivity index (χ3v) is 3.23. The molecule has 5 nitrogen and oxygen atoms in total. The lowest BCUT2D eigenvalue weighted by molar-refractivity contribution is 0.0934. The second-order valence-electron chi connectivity index (χ2n) is 5.31. The lowest BCUT2D eigenvalue weighted by atomic mass is 10.2. The number of hydrogen-bond donors (Lipinski definition) is 2. The Balaban J connectivity index is 2.42. The van der Waals surface area contributed by atoms with Crippen LogP contribution >= 0.6 is 0 Å². The molecular formula is C14H26N4O. The number of aromatic nitrogens is 2. The molecule has 0 spiro atoms. The minimum absolute atomic E-state index is 0.108. The van der Waals surface area contributed by atoms with Crippen molar-refractivity contribution in [2.75, 3.05) is 13.1 Å². The van der Waals surface area contributed by atoms with E-state index < -0.39 is 0 Å². The summed E-state index contributed by atoms with van der Waals surface area (Å²) in [5, 5.41) is 9.77. The molecule has 1 rings (SSSR count). The zero-order valence-electron chi connectivity index (χ0n) is 12.7. The van der Waals surface area contributed by atoms with E-state index >= 15 is 0 Å². The molecule has 0 unspecified atom stereocenters. The normalized spacial score (nSPS) is 11.6. The molecule has 1 aromatic rings. The Labute approximate surface area is 115 Å². The summed E-state index contributed by atoms with van der Waals surface area (Å²) >= 11 is 0. The first-order valence-electron chi connectivity index (χ1n) is 7.03. The van der Waals surface area contributed by atoms with Gasteiger partial charge in [0.25, 0.3) is 5.91 Å². The Morgan fingerprint density at radius 2 is 2.00 bits per heavy atom. The van der Waals surface area contributed by atoms with Gasteiger partial charge >= 0.3 is 0 Å². The van der Waals surface area contributed by atoms with Gasteiger partial charge in [-0.3, -0.25) is 14.8 Å². The number of aromatic amines is 1. The summed E-state index contributed by atoms with van der Waals surface area (Å²) in [6.45, 7) is 12.2. The summed E-state index contributed by atoms with van der Waals surface area (Å²) in [6, 6.07) is 2.76. The molecule has 1 amide bonds. The van der Waals surface area contributed by atoms with Gasteiger partial charge in [-0.15, -0.1) is 0 Å². The molecule has 0 aromatic carbocycles. The fraction of sp³-hybridized carbons (Fsp3) is 0.714. The highest BCUT2D eigenvalue weighted by atomic mass is 16.1. The summed E-state index contributed by atoms with van der Waals surface area (Å²) in [6.07, 6.45) is 0.856. The smallest absolute Gasteiger partial charge is 0.271 e. The zero-order chi connectivity index (χ0) is 14.4. The summed E-state index contributed by atoms with van der Waals surface area (Å²) in [5.41, 5.74) is 1.45. The molecule has 0 saturated carbocycles. The minimum Gasteiger partial charge on any atom is -0.349 e. The summed E-state index contributed by atoms with van der Waals surface area (Å²) in [7, 11) is 0. The molecule has 0 radical (unpaired) electrons. The Morgan fingerprint density at radius 1 is 1.37 bits per heavy atom. The van der Waals surface area contributed by atoms with Crippen LogP contribution in [0.15, 0.2) is 6.07 Å². The van der Waals surface area contributed by atoms with Gasteiger partial charge in [-0.1, -0.05) is 6.92 Å². The van der Waals surface area contributed by atoms with Crippen molar-refractivity contribution in [3.8, 4) is 0 Å². The maximum atomic E-state index is 11.9. The van der Waals surface area contributed by atoms with Gasteiger partial charge in [-0.05, 0) is 40.2 Å². The van der Waals surface area contributed by atoms with Crippen molar-refractivity contribution < 1.29 is 4.79 Å². The standard InChI is InChI=1S/C14H26N4O/c1-6-12-9-13(17-16-12)14(19)15-7-8-18(10(2)3)11(4)5/h9-11H,6-8H2,1-5H3,(H,15,19)(H,16,17). The molecule has 0 atom stereocenters. The van der Waals surface area contributed by atoms with Gasteiger partial charge in [-0.2, -0.15) is 5.10 Å². The van der Waals surface area contributed by atoms with Gasteiger partial charge in [0.15, 0.2) is 0 Å². The maximum absolute atomic E-state index is 11.9. The molecule has 1 aromatic heterocycles. The Bertz CT molecular complexity index is 390. The SMILES string of the molecule is CCc1cc(C(=O)NCCN(C(C)C)C(C)C)n[nH]1. The first-order valence-corrected chi connectivity index (χ1v) is 7.03. The predicted molar refractivity (Wildman–Crippen MR) is 77.3 cm³/mol. The fourth-order valence-electron chi connectivity index (χ4n) is 2.16. The molecule has 0 aliphatic heterocycles. The first kappa shape index (κ1) is 15.7. The van der Waals surface area contributed by atoms with Crippen molar-refractivity contribution in [2.24, 2.45) is 0 Å². The molecule has 1 heterocycles. The minimum atomic E-state index is -0.108. The highest BCUT2D eigenvalue weighted by molar-refractivity contribution is 5.92. The molecule has 0 aliphatic rings. The van der Waals surface area contributed by atoms with Crippen LogP contribution < -0.4 is 5.32 Å². The number of carbonyl (C=O) groups excluding carboxylic acids is 1. The van der Waals surface area contributed by atoms with Gasteiger partial charge in [0, 0.05) is 30.9 Å². The van der Waals surface area contributed by atoms with E-state index in [0.717, 1.165) is 18.7 Å². The van der Waals surface area contributed by atoms with Crippen LogP contribution in [0.1, 0.15) is 50.8 Å².